The Bertz CT molecular complexity index is 473. The molecular formula is C15H25N5O2. The minimum absolute atomic E-state index is 0.501. The highest BCUT2D eigenvalue weighted by Crippen LogP contribution is 2.23. The van der Waals surface area contributed by atoms with Crippen LogP contribution in [0.3, 0.4) is 0 Å². The third kappa shape index (κ3) is 4.22. The van der Waals surface area contributed by atoms with Crippen LogP contribution < -0.4 is 20.7 Å². The highest BCUT2D eigenvalue weighted by Gasteiger charge is 2.14. The van der Waals surface area contributed by atoms with Crippen LogP contribution in [-0.2, 0) is 4.74 Å². The van der Waals surface area contributed by atoms with E-state index in [2.05, 4.69) is 20.1 Å². The summed E-state index contributed by atoms with van der Waals surface area (Å²) in [5.41, 5.74) is 6.98. The van der Waals surface area contributed by atoms with Gasteiger partial charge < -0.3 is 25.4 Å². The molecule has 0 amide bonds. The molecule has 0 unspecified atom stereocenters. The van der Waals surface area contributed by atoms with Gasteiger partial charge in [0.25, 0.3) is 0 Å². The molecule has 1 aromatic heterocycles. The zero-order valence-corrected chi connectivity index (χ0v) is 13.0. The number of rotatable bonds is 5. The first-order valence-electron chi connectivity index (χ1n) is 7.97. The van der Waals surface area contributed by atoms with E-state index in [1.165, 1.54) is 0 Å². The van der Waals surface area contributed by atoms with Crippen molar-refractivity contribution in [2.75, 3.05) is 76.3 Å². The van der Waals surface area contributed by atoms with Crippen LogP contribution in [0.1, 0.15) is 0 Å². The standard InChI is InChI=1S/C15H25N5O2/c16-14-11-13(20-6-8-21-9-7-20)12-15(18-14)22-10-5-19-3-1-17-2-4-19/h11-12,17H,1-10H2,(H2,16,18). The van der Waals surface area contributed by atoms with E-state index in [9.17, 15) is 0 Å². The number of aromatic nitrogens is 1. The molecule has 0 bridgehead atoms. The maximum Gasteiger partial charge on any atom is 0.217 e. The molecule has 22 heavy (non-hydrogen) atoms. The summed E-state index contributed by atoms with van der Waals surface area (Å²) in [6, 6.07) is 3.87. The number of anilines is 2. The molecule has 7 nitrogen and oxygen atoms in total. The molecule has 2 saturated heterocycles. The average molecular weight is 307 g/mol. The molecule has 2 aliphatic heterocycles. The van der Waals surface area contributed by atoms with Gasteiger partial charge in [0, 0.05) is 63.6 Å². The Labute approximate surface area is 131 Å². The van der Waals surface area contributed by atoms with E-state index in [1.54, 1.807) is 0 Å². The molecule has 0 atom stereocenters. The first-order chi connectivity index (χ1) is 10.8. The predicted octanol–water partition coefficient (Wildman–Crippen LogP) is -0.216. The molecule has 2 fully saturated rings. The van der Waals surface area contributed by atoms with Crippen molar-refractivity contribution < 1.29 is 9.47 Å². The van der Waals surface area contributed by atoms with Crippen molar-refractivity contribution >= 4 is 11.5 Å². The van der Waals surface area contributed by atoms with Crippen LogP contribution in [0.4, 0.5) is 11.5 Å². The number of nitrogen functional groups attached to an aromatic ring is 1. The maximum atomic E-state index is 5.91. The maximum absolute atomic E-state index is 5.91. The van der Waals surface area contributed by atoms with Gasteiger partial charge in [-0.05, 0) is 0 Å². The Morgan fingerprint density at radius 1 is 1.18 bits per heavy atom. The lowest BCUT2D eigenvalue weighted by atomic mass is 10.3. The second kappa shape index (κ2) is 7.62. The van der Waals surface area contributed by atoms with E-state index >= 15 is 0 Å². The van der Waals surface area contributed by atoms with E-state index in [-0.39, 0.29) is 0 Å². The number of piperazine rings is 1. The molecule has 3 heterocycles. The Kier molecular flexibility index (Phi) is 5.31. The molecule has 2 aliphatic rings. The highest BCUT2D eigenvalue weighted by molar-refractivity contribution is 5.55. The van der Waals surface area contributed by atoms with E-state index in [1.807, 2.05) is 12.1 Å². The van der Waals surface area contributed by atoms with Crippen LogP contribution in [0.15, 0.2) is 12.1 Å². The summed E-state index contributed by atoms with van der Waals surface area (Å²) in [7, 11) is 0. The van der Waals surface area contributed by atoms with Crippen molar-refractivity contribution in [2.45, 2.75) is 0 Å². The number of hydrogen-bond donors (Lipinski definition) is 2. The fourth-order valence-electron chi connectivity index (χ4n) is 2.80. The van der Waals surface area contributed by atoms with Crippen LogP contribution in [0, 0.1) is 0 Å². The topological polar surface area (TPSA) is 75.9 Å². The van der Waals surface area contributed by atoms with Gasteiger partial charge >= 0.3 is 0 Å². The Morgan fingerprint density at radius 3 is 2.73 bits per heavy atom. The van der Waals surface area contributed by atoms with Gasteiger partial charge in [-0.25, -0.2) is 0 Å². The zero-order chi connectivity index (χ0) is 15.2. The van der Waals surface area contributed by atoms with Gasteiger partial charge in [-0.15, -0.1) is 0 Å². The molecule has 0 aromatic carbocycles. The second-order valence-corrected chi connectivity index (χ2v) is 5.63. The Hall–Kier alpha value is -1.57. The van der Waals surface area contributed by atoms with Crippen LogP contribution in [-0.4, -0.2) is 75.5 Å². The number of nitrogens with one attached hydrogen (secondary N) is 1. The lowest BCUT2D eigenvalue weighted by molar-refractivity contribution is 0.122. The summed E-state index contributed by atoms with van der Waals surface area (Å²) in [6.45, 7) is 9.08. The van der Waals surface area contributed by atoms with E-state index in [0.717, 1.165) is 64.7 Å². The van der Waals surface area contributed by atoms with Gasteiger partial charge in [0.1, 0.15) is 12.4 Å². The second-order valence-electron chi connectivity index (χ2n) is 5.63. The zero-order valence-electron chi connectivity index (χ0n) is 13.0. The predicted molar refractivity (Wildman–Crippen MR) is 86.5 cm³/mol. The number of nitrogens with two attached hydrogens (primary N) is 1. The van der Waals surface area contributed by atoms with Crippen molar-refractivity contribution in [1.29, 1.82) is 0 Å². The van der Waals surface area contributed by atoms with Crippen molar-refractivity contribution in [3.63, 3.8) is 0 Å². The summed E-state index contributed by atoms with van der Waals surface area (Å²) in [6.07, 6.45) is 0. The molecule has 0 radical (unpaired) electrons. The summed E-state index contributed by atoms with van der Waals surface area (Å²) in [5.74, 6) is 1.11. The molecule has 122 valence electrons. The molecule has 7 heteroatoms. The third-order valence-electron chi connectivity index (χ3n) is 4.05. The molecular weight excluding hydrogens is 282 g/mol. The third-order valence-corrected chi connectivity index (χ3v) is 4.05. The quantitative estimate of drug-likeness (QED) is 0.779. The minimum atomic E-state index is 0.501. The summed E-state index contributed by atoms with van der Waals surface area (Å²) in [4.78, 5) is 8.93. The number of ether oxygens (including phenoxy) is 2. The van der Waals surface area contributed by atoms with E-state index in [4.69, 9.17) is 15.2 Å². The van der Waals surface area contributed by atoms with E-state index < -0.39 is 0 Å². The molecule has 3 rings (SSSR count). The molecule has 0 aliphatic carbocycles. The number of morpholine rings is 1. The van der Waals surface area contributed by atoms with Crippen LogP contribution >= 0.6 is 0 Å². The number of nitrogens with zero attached hydrogens (tertiary/aromatic N) is 3. The Balaban J connectivity index is 1.54. The first kappa shape index (κ1) is 15.3. The number of pyridine rings is 1. The fourth-order valence-corrected chi connectivity index (χ4v) is 2.80. The molecule has 1 aromatic rings. The molecule has 3 N–H and O–H groups in total. The van der Waals surface area contributed by atoms with Crippen LogP contribution in [0.5, 0.6) is 5.88 Å². The van der Waals surface area contributed by atoms with Crippen molar-refractivity contribution in [3.8, 4) is 5.88 Å². The minimum Gasteiger partial charge on any atom is -0.476 e. The monoisotopic (exact) mass is 307 g/mol. The van der Waals surface area contributed by atoms with Gasteiger partial charge in [-0.3, -0.25) is 4.90 Å². The largest absolute Gasteiger partial charge is 0.476 e. The molecule has 0 saturated carbocycles. The van der Waals surface area contributed by atoms with Gasteiger partial charge in [-0.2, -0.15) is 4.98 Å². The summed E-state index contributed by atoms with van der Waals surface area (Å²) in [5, 5.41) is 3.35. The van der Waals surface area contributed by atoms with E-state index in [0.29, 0.717) is 18.3 Å². The fraction of sp³-hybridized carbons (Fsp3) is 0.667. The van der Waals surface area contributed by atoms with Gasteiger partial charge in [-0.1, -0.05) is 0 Å². The number of hydrogen-bond acceptors (Lipinski definition) is 7. The SMILES string of the molecule is Nc1cc(N2CCOCC2)cc(OCCN2CCNCC2)n1. The van der Waals surface area contributed by atoms with Crippen molar-refractivity contribution in [3.05, 3.63) is 12.1 Å². The lowest BCUT2D eigenvalue weighted by Gasteiger charge is -2.29. The first-order valence-corrected chi connectivity index (χ1v) is 7.97. The normalized spacial score (nSPS) is 20.1. The van der Waals surface area contributed by atoms with Gasteiger partial charge in [0.05, 0.1) is 13.2 Å². The molecule has 0 spiro atoms. The van der Waals surface area contributed by atoms with Gasteiger partial charge in [0.2, 0.25) is 5.88 Å². The van der Waals surface area contributed by atoms with Gasteiger partial charge in [0.15, 0.2) is 0 Å². The summed E-state index contributed by atoms with van der Waals surface area (Å²) >= 11 is 0. The summed E-state index contributed by atoms with van der Waals surface area (Å²) < 4.78 is 11.2. The average Bonchev–Trinajstić information content (AvgIpc) is 2.56. The van der Waals surface area contributed by atoms with Crippen LogP contribution in [0.25, 0.3) is 0 Å². The van der Waals surface area contributed by atoms with Crippen molar-refractivity contribution in [1.82, 2.24) is 15.2 Å². The Morgan fingerprint density at radius 2 is 1.95 bits per heavy atom. The lowest BCUT2D eigenvalue weighted by Crippen LogP contribution is -2.44. The smallest absolute Gasteiger partial charge is 0.217 e. The highest BCUT2D eigenvalue weighted by atomic mass is 16.5. The van der Waals surface area contributed by atoms with Crippen LogP contribution in [0.2, 0.25) is 0 Å². The van der Waals surface area contributed by atoms with Crippen molar-refractivity contribution in [2.24, 2.45) is 0 Å².